The lowest BCUT2D eigenvalue weighted by molar-refractivity contribution is 0.485. The Kier molecular flexibility index (Phi) is 3.06. The average molecular weight is 188 g/mol. The highest BCUT2D eigenvalue weighted by atomic mass is 35.5. The highest BCUT2D eigenvalue weighted by Crippen LogP contribution is 2.22. The van der Waals surface area contributed by atoms with Crippen molar-refractivity contribution in [3.8, 4) is 0 Å². The molecule has 1 atom stereocenters. The summed E-state index contributed by atoms with van der Waals surface area (Å²) in [5, 5.41) is 0.542. The van der Waals surface area contributed by atoms with E-state index in [0.717, 1.165) is 5.56 Å². The van der Waals surface area contributed by atoms with E-state index < -0.39 is 6.67 Å². The van der Waals surface area contributed by atoms with Gasteiger partial charge in [-0.3, -0.25) is 0 Å². The molecule has 0 radical (unpaired) electrons. The van der Waals surface area contributed by atoms with Crippen LogP contribution in [0.5, 0.6) is 0 Å². The van der Waals surface area contributed by atoms with Crippen molar-refractivity contribution < 1.29 is 4.39 Å². The molecule has 0 aliphatic heterocycles. The summed E-state index contributed by atoms with van der Waals surface area (Å²) in [4.78, 5) is 0. The van der Waals surface area contributed by atoms with Gasteiger partial charge >= 0.3 is 0 Å². The fourth-order valence-electron chi connectivity index (χ4n) is 1.02. The molecule has 0 aliphatic rings. The van der Waals surface area contributed by atoms with Gasteiger partial charge in [0.15, 0.2) is 0 Å². The van der Waals surface area contributed by atoms with Crippen molar-refractivity contribution in [2.24, 2.45) is 5.73 Å². The first kappa shape index (κ1) is 9.49. The molecule has 1 rings (SSSR count). The topological polar surface area (TPSA) is 26.0 Å². The molecule has 0 spiro atoms. The van der Waals surface area contributed by atoms with Gasteiger partial charge in [0.05, 0.1) is 0 Å². The van der Waals surface area contributed by atoms with Gasteiger partial charge in [0.2, 0.25) is 0 Å². The van der Waals surface area contributed by atoms with Gasteiger partial charge in [-0.15, -0.1) is 0 Å². The summed E-state index contributed by atoms with van der Waals surface area (Å²) in [7, 11) is 0. The first-order valence-electron chi connectivity index (χ1n) is 3.75. The maximum Gasteiger partial charge on any atom is 0.115 e. The van der Waals surface area contributed by atoms with Gasteiger partial charge in [-0.05, 0) is 24.1 Å². The van der Waals surface area contributed by atoms with Crippen LogP contribution in [0.25, 0.3) is 0 Å². The molecule has 0 saturated heterocycles. The third-order valence-corrected chi connectivity index (χ3v) is 2.04. The minimum atomic E-state index is -0.487. The molecule has 1 unspecified atom stereocenters. The SMILES string of the molecule is CC(N)c1ccc(CF)cc1Cl. The fraction of sp³-hybridized carbons (Fsp3) is 0.333. The molecule has 1 aromatic rings. The third kappa shape index (κ3) is 1.96. The highest BCUT2D eigenvalue weighted by molar-refractivity contribution is 6.31. The summed E-state index contributed by atoms with van der Waals surface area (Å²) >= 11 is 5.86. The van der Waals surface area contributed by atoms with Crippen LogP contribution in [0, 0.1) is 0 Å². The third-order valence-electron chi connectivity index (χ3n) is 1.71. The first-order valence-corrected chi connectivity index (χ1v) is 4.13. The van der Waals surface area contributed by atoms with Crippen molar-refractivity contribution in [1.29, 1.82) is 0 Å². The van der Waals surface area contributed by atoms with Crippen molar-refractivity contribution in [1.82, 2.24) is 0 Å². The molecule has 0 fully saturated rings. The predicted molar refractivity (Wildman–Crippen MR) is 48.9 cm³/mol. The van der Waals surface area contributed by atoms with Crippen molar-refractivity contribution in [3.05, 3.63) is 34.3 Å². The van der Waals surface area contributed by atoms with Crippen molar-refractivity contribution in [3.63, 3.8) is 0 Å². The van der Waals surface area contributed by atoms with Crippen LogP contribution < -0.4 is 5.73 Å². The minimum Gasteiger partial charge on any atom is -0.324 e. The van der Waals surface area contributed by atoms with E-state index in [1.807, 2.05) is 6.92 Å². The Morgan fingerprint density at radius 3 is 2.67 bits per heavy atom. The molecule has 2 N–H and O–H groups in total. The molecule has 1 nitrogen and oxygen atoms in total. The zero-order valence-corrected chi connectivity index (χ0v) is 7.61. The second kappa shape index (κ2) is 3.87. The Hall–Kier alpha value is -0.600. The molecule has 3 heteroatoms. The lowest BCUT2D eigenvalue weighted by Gasteiger charge is -2.08. The summed E-state index contributed by atoms with van der Waals surface area (Å²) in [5.41, 5.74) is 7.07. The second-order valence-electron chi connectivity index (χ2n) is 2.78. The van der Waals surface area contributed by atoms with Crippen molar-refractivity contribution in [2.45, 2.75) is 19.6 Å². The lowest BCUT2D eigenvalue weighted by atomic mass is 10.1. The number of rotatable bonds is 2. The van der Waals surface area contributed by atoms with E-state index in [2.05, 4.69) is 0 Å². The van der Waals surface area contributed by atoms with Crippen molar-refractivity contribution >= 4 is 11.6 Å². The van der Waals surface area contributed by atoms with E-state index in [9.17, 15) is 4.39 Å². The monoisotopic (exact) mass is 187 g/mol. The summed E-state index contributed by atoms with van der Waals surface area (Å²) in [6, 6.07) is 4.97. The summed E-state index contributed by atoms with van der Waals surface area (Å²) < 4.78 is 12.1. The van der Waals surface area contributed by atoms with Gasteiger partial charge < -0.3 is 5.73 Å². The number of benzene rings is 1. The van der Waals surface area contributed by atoms with E-state index in [0.29, 0.717) is 10.6 Å². The van der Waals surface area contributed by atoms with Crippen LogP contribution in [-0.4, -0.2) is 0 Å². The quantitative estimate of drug-likeness (QED) is 0.757. The van der Waals surface area contributed by atoms with E-state index in [1.165, 1.54) is 0 Å². The molecule has 0 aliphatic carbocycles. The van der Waals surface area contributed by atoms with Gasteiger partial charge in [0.1, 0.15) is 6.67 Å². The van der Waals surface area contributed by atoms with Gasteiger partial charge in [0, 0.05) is 11.1 Å². The molecule has 0 aromatic heterocycles. The molecule has 1 aromatic carbocycles. The highest BCUT2D eigenvalue weighted by Gasteiger charge is 2.05. The van der Waals surface area contributed by atoms with Crippen LogP contribution in [0.2, 0.25) is 5.02 Å². The van der Waals surface area contributed by atoms with E-state index >= 15 is 0 Å². The zero-order chi connectivity index (χ0) is 9.14. The van der Waals surface area contributed by atoms with Crippen molar-refractivity contribution in [2.75, 3.05) is 0 Å². The number of nitrogens with two attached hydrogens (primary N) is 1. The Morgan fingerprint density at radius 2 is 2.25 bits per heavy atom. The van der Waals surface area contributed by atoms with Crippen LogP contribution in [0.3, 0.4) is 0 Å². The molecule has 0 saturated carbocycles. The molecule has 12 heavy (non-hydrogen) atoms. The fourth-order valence-corrected chi connectivity index (χ4v) is 1.40. The van der Waals surface area contributed by atoms with Gasteiger partial charge in [-0.2, -0.15) is 0 Å². The second-order valence-corrected chi connectivity index (χ2v) is 3.19. The summed E-state index contributed by atoms with van der Waals surface area (Å²) in [6.07, 6.45) is 0. The summed E-state index contributed by atoms with van der Waals surface area (Å²) in [6.45, 7) is 1.36. The van der Waals surface area contributed by atoms with Crippen LogP contribution in [-0.2, 0) is 6.67 Å². The molecular weight excluding hydrogens is 177 g/mol. The van der Waals surface area contributed by atoms with Crippen LogP contribution in [0.15, 0.2) is 18.2 Å². The van der Waals surface area contributed by atoms with E-state index in [-0.39, 0.29) is 6.04 Å². The Morgan fingerprint density at radius 1 is 1.58 bits per heavy atom. The maximum atomic E-state index is 12.1. The normalized spacial score (nSPS) is 13.0. The summed E-state index contributed by atoms with van der Waals surface area (Å²) in [5.74, 6) is 0. The molecular formula is C9H11ClFN. The molecule has 0 bridgehead atoms. The molecule has 66 valence electrons. The average Bonchev–Trinajstić information content (AvgIpc) is 2.03. The first-order chi connectivity index (χ1) is 5.65. The van der Waals surface area contributed by atoms with Crippen LogP contribution >= 0.6 is 11.6 Å². The molecule has 0 heterocycles. The Bertz CT molecular complexity index is 273. The Balaban J connectivity index is 3.03. The molecule has 0 amide bonds. The standard InChI is InChI=1S/C9H11ClFN/c1-6(12)8-3-2-7(5-11)4-9(8)10/h2-4,6H,5,12H2,1H3. The number of halogens is 2. The lowest BCUT2D eigenvalue weighted by Crippen LogP contribution is -2.05. The Labute approximate surface area is 76.3 Å². The van der Waals surface area contributed by atoms with Gasteiger partial charge in [-0.1, -0.05) is 23.7 Å². The number of hydrogen-bond donors (Lipinski definition) is 1. The van der Waals surface area contributed by atoms with Crippen LogP contribution in [0.1, 0.15) is 24.1 Å². The van der Waals surface area contributed by atoms with Gasteiger partial charge in [-0.25, -0.2) is 4.39 Å². The van der Waals surface area contributed by atoms with E-state index in [1.54, 1.807) is 18.2 Å². The number of hydrogen-bond acceptors (Lipinski definition) is 1. The zero-order valence-electron chi connectivity index (χ0n) is 6.85. The van der Waals surface area contributed by atoms with Crippen LogP contribution in [0.4, 0.5) is 4.39 Å². The largest absolute Gasteiger partial charge is 0.324 e. The maximum absolute atomic E-state index is 12.1. The smallest absolute Gasteiger partial charge is 0.115 e. The predicted octanol–water partition coefficient (Wildman–Crippen LogP) is 2.83. The van der Waals surface area contributed by atoms with Gasteiger partial charge in [0.25, 0.3) is 0 Å². The number of alkyl halides is 1. The van der Waals surface area contributed by atoms with E-state index in [4.69, 9.17) is 17.3 Å². The minimum absolute atomic E-state index is 0.105.